The molecule has 1 saturated heterocycles. The van der Waals surface area contributed by atoms with Gasteiger partial charge in [0.25, 0.3) is 11.8 Å². The molecule has 0 aliphatic carbocycles. The fourth-order valence-electron chi connectivity index (χ4n) is 3.31. The van der Waals surface area contributed by atoms with Crippen LogP contribution < -0.4 is 15.7 Å². The number of carbonyl (C=O) groups excluding carboxylic acids is 2. The maximum absolute atomic E-state index is 12.9. The number of β-lactam (4-membered cyclic amide) rings is 1. The van der Waals surface area contributed by atoms with Crippen molar-refractivity contribution in [3.63, 3.8) is 0 Å². The summed E-state index contributed by atoms with van der Waals surface area (Å²) in [5.41, 5.74) is 5.69. The van der Waals surface area contributed by atoms with Crippen molar-refractivity contribution in [2.75, 3.05) is 18.1 Å². The van der Waals surface area contributed by atoms with Crippen molar-refractivity contribution in [2.24, 2.45) is 5.16 Å². The zero-order chi connectivity index (χ0) is 24.2. The van der Waals surface area contributed by atoms with Gasteiger partial charge in [0.2, 0.25) is 11.5 Å². The molecule has 15 heteroatoms. The summed E-state index contributed by atoms with van der Waals surface area (Å²) in [7, 11) is 0. The van der Waals surface area contributed by atoms with E-state index in [1.54, 1.807) is 29.2 Å². The first kappa shape index (κ1) is 23.1. The minimum atomic E-state index is -1.23. The summed E-state index contributed by atoms with van der Waals surface area (Å²) < 4.78 is 5.52. The minimum absolute atomic E-state index is 0.0854. The lowest BCUT2D eigenvalue weighted by Gasteiger charge is -2.49. The van der Waals surface area contributed by atoms with Crippen LogP contribution in [0.25, 0.3) is 0 Å². The largest absolute Gasteiger partial charge is 0.477 e. The number of hydrogen-bond acceptors (Lipinski definition) is 11. The smallest absolute Gasteiger partial charge is 0.352 e. The standard InChI is InChI=1S/C19H16N8O5S2/c1-2-7-32-24-11(14-23-19(20)34-25-14)15(28)22-12-16(29)27-13(18(30)31)10(9-33-17(12)27)8-26-6-4-3-5-21-26/h1,3-6,12,17H,7-9H2,(H3-,20,22,23,25,28,30,31)/p+1/t12?,17-/m1/s1. The summed E-state index contributed by atoms with van der Waals surface area (Å²) in [6, 6.07) is 2.53. The van der Waals surface area contributed by atoms with Crippen molar-refractivity contribution >= 4 is 51.9 Å². The number of aromatic nitrogens is 4. The van der Waals surface area contributed by atoms with E-state index in [1.807, 2.05) is 0 Å². The molecule has 1 fully saturated rings. The van der Waals surface area contributed by atoms with Crippen LogP contribution in [0.2, 0.25) is 0 Å². The second-order valence-corrected chi connectivity index (χ2v) is 8.78. The number of nitrogens with zero attached hydrogens (tertiary/aromatic N) is 6. The number of nitrogen functional groups attached to an aromatic ring is 1. The number of carboxylic acid groups (broad SMARTS) is 1. The Morgan fingerprint density at radius 2 is 2.29 bits per heavy atom. The van der Waals surface area contributed by atoms with Gasteiger partial charge in [0.1, 0.15) is 17.1 Å². The predicted molar refractivity (Wildman–Crippen MR) is 120 cm³/mol. The first-order chi connectivity index (χ1) is 16.4. The fourth-order valence-corrected chi connectivity index (χ4v) is 5.08. The van der Waals surface area contributed by atoms with Crippen LogP contribution in [0, 0.1) is 12.3 Å². The lowest BCUT2D eigenvalue weighted by molar-refractivity contribution is -0.746. The van der Waals surface area contributed by atoms with Gasteiger partial charge in [-0.15, -0.1) is 18.2 Å². The van der Waals surface area contributed by atoms with Crippen molar-refractivity contribution in [3.8, 4) is 12.3 Å². The van der Waals surface area contributed by atoms with Gasteiger partial charge in [0.05, 0.1) is 6.20 Å². The van der Waals surface area contributed by atoms with Crippen LogP contribution in [0.15, 0.2) is 41.0 Å². The number of aliphatic carboxylic acids is 1. The van der Waals surface area contributed by atoms with Crippen molar-refractivity contribution in [1.29, 1.82) is 0 Å². The number of fused-ring (bicyclic) bond motifs is 1. The molecule has 2 atom stereocenters. The number of hydrogen-bond donors (Lipinski definition) is 3. The number of terminal acetylenes is 1. The molecule has 0 aromatic carbocycles. The molecule has 2 aliphatic rings. The minimum Gasteiger partial charge on any atom is -0.477 e. The monoisotopic (exact) mass is 501 g/mol. The molecule has 2 amide bonds. The number of nitrogens with one attached hydrogen (secondary N) is 1. The third-order valence-corrected chi connectivity index (χ3v) is 6.61. The Kier molecular flexibility index (Phi) is 6.70. The van der Waals surface area contributed by atoms with Gasteiger partial charge in [-0.3, -0.25) is 14.5 Å². The Labute approximate surface area is 200 Å². The highest BCUT2D eigenvalue weighted by Crippen LogP contribution is 2.40. The van der Waals surface area contributed by atoms with Gasteiger partial charge in [0, 0.05) is 28.9 Å². The highest BCUT2D eigenvalue weighted by atomic mass is 32.2. The van der Waals surface area contributed by atoms with E-state index in [4.69, 9.17) is 17.0 Å². The Balaban J connectivity index is 1.53. The molecule has 34 heavy (non-hydrogen) atoms. The van der Waals surface area contributed by atoms with E-state index in [9.17, 15) is 19.5 Å². The van der Waals surface area contributed by atoms with Crippen LogP contribution in [0.3, 0.4) is 0 Å². The van der Waals surface area contributed by atoms with Gasteiger partial charge < -0.3 is 21.0 Å². The van der Waals surface area contributed by atoms with Crippen LogP contribution in [0.1, 0.15) is 5.82 Å². The second kappa shape index (κ2) is 9.85. The number of rotatable bonds is 8. The number of carbonyl (C=O) groups is 3. The maximum Gasteiger partial charge on any atom is 0.352 e. The summed E-state index contributed by atoms with van der Waals surface area (Å²) in [4.78, 5) is 47.8. The molecule has 13 nitrogen and oxygen atoms in total. The summed E-state index contributed by atoms with van der Waals surface area (Å²) in [5.74, 6) is -0.132. The van der Waals surface area contributed by atoms with Gasteiger partial charge in [-0.2, -0.15) is 9.36 Å². The van der Waals surface area contributed by atoms with Crippen molar-refractivity contribution in [1.82, 2.24) is 24.7 Å². The van der Waals surface area contributed by atoms with E-state index >= 15 is 0 Å². The highest BCUT2D eigenvalue weighted by Gasteiger charge is 2.55. The first-order valence-corrected chi connectivity index (χ1v) is 11.5. The third-order valence-electron chi connectivity index (χ3n) is 4.73. The van der Waals surface area contributed by atoms with Crippen LogP contribution in [0.5, 0.6) is 0 Å². The van der Waals surface area contributed by atoms with E-state index in [2.05, 4.69) is 30.8 Å². The predicted octanol–water partition coefficient (Wildman–Crippen LogP) is -1.40. The number of nitrogens with two attached hydrogens (primary N) is 1. The molecule has 4 heterocycles. The molecule has 0 saturated carbocycles. The van der Waals surface area contributed by atoms with Gasteiger partial charge >= 0.3 is 5.97 Å². The van der Waals surface area contributed by atoms with Gasteiger partial charge in [-0.1, -0.05) is 15.8 Å². The Morgan fingerprint density at radius 1 is 1.47 bits per heavy atom. The SMILES string of the molecule is C#CCON=C(C(=O)NC1C(=O)N2C(C(=O)O)=C(C[n+]3ccccn3)CS[C@H]12)c1nsc(N)n1. The molecule has 2 aliphatic heterocycles. The van der Waals surface area contributed by atoms with Gasteiger partial charge in [0.15, 0.2) is 24.5 Å². The lowest BCUT2D eigenvalue weighted by atomic mass is 10.0. The van der Waals surface area contributed by atoms with E-state index in [0.29, 0.717) is 11.3 Å². The average molecular weight is 502 g/mol. The van der Waals surface area contributed by atoms with Crippen molar-refractivity contribution in [3.05, 3.63) is 41.6 Å². The molecule has 0 bridgehead atoms. The van der Waals surface area contributed by atoms with E-state index in [1.165, 1.54) is 16.7 Å². The third kappa shape index (κ3) is 4.54. The Hall–Kier alpha value is -4.03. The van der Waals surface area contributed by atoms with E-state index < -0.39 is 29.2 Å². The summed E-state index contributed by atoms with van der Waals surface area (Å²) in [5, 5.41) is 19.7. The summed E-state index contributed by atoms with van der Waals surface area (Å²) in [6.45, 7) is 0.0120. The number of carboxylic acids is 1. The van der Waals surface area contributed by atoms with E-state index in [-0.39, 0.29) is 35.5 Å². The quantitative estimate of drug-likeness (QED) is 0.0973. The normalized spacial score (nSPS) is 19.7. The molecule has 2 aromatic rings. The molecule has 0 spiro atoms. The number of amides is 2. The van der Waals surface area contributed by atoms with Crippen LogP contribution in [-0.2, 0) is 25.8 Å². The molecule has 2 aromatic heterocycles. The van der Waals surface area contributed by atoms with E-state index in [0.717, 1.165) is 11.5 Å². The molecule has 174 valence electrons. The van der Waals surface area contributed by atoms with Crippen molar-refractivity contribution < 1.29 is 29.0 Å². The van der Waals surface area contributed by atoms with Gasteiger partial charge in [-0.25, -0.2) is 4.79 Å². The average Bonchev–Trinajstić information content (AvgIpc) is 3.26. The molecule has 4 N–H and O–H groups in total. The molecule has 4 rings (SSSR count). The molecular weight excluding hydrogens is 484 g/mol. The molecular formula is C19H17N8O5S2+. The first-order valence-electron chi connectivity index (χ1n) is 9.65. The topological polar surface area (TPSA) is 177 Å². The zero-order valence-electron chi connectivity index (χ0n) is 17.3. The summed E-state index contributed by atoms with van der Waals surface area (Å²) in [6.07, 6.45) is 8.41. The van der Waals surface area contributed by atoms with Crippen molar-refractivity contribution in [2.45, 2.75) is 18.0 Å². The van der Waals surface area contributed by atoms with Crippen LogP contribution in [0.4, 0.5) is 5.13 Å². The fraction of sp³-hybridized carbons (Fsp3) is 0.263. The second-order valence-electron chi connectivity index (χ2n) is 6.89. The number of oxime groups is 1. The lowest BCUT2D eigenvalue weighted by Crippen LogP contribution is -2.71. The Bertz CT molecular complexity index is 1240. The Morgan fingerprint density at radius 3 is 2.94 bits per heavy atom. The summed E-state index contributed by atoms with van der Waals surface area (Å²) >= 11 is 2.18. The number of thioether (sulfide) groups is 1. The van der Waals surface area contributed by atoms with Crippen LogP contribution >= 0.6 is 23.3 Å². The molecule has 0 radical (unpaired) electrons. The van der Waals surface area contributed by atoms with Gasteiger partial charge in [-0.05, 0) is 11.2 Å². The molecule has 1 unspecified atom stereocenters. The number of anilines is 1. The maximum atomic E-state index is 12.9. The van der Waals surface area contributed by atoms with Crippen LogP contribution in [-0.4, -0.2) is 71.7 Å². The zero-order valence-corrected chi connectivity index (χ0v) is 19.0. The highest BCUT2D eigenvalue weighted by molar-refractivity contribution is 8.00.